The molecule has 0 spiro atoms. The summed E-state index contributed by atoms with van der Waals surface area (Å²) >= 11 is 0. The van der Waals surface area contributed by atoms with Crippen LogP contribution in [0.15, 0.2) is 61.2 Å². The third kappa shape index (κ3) is 3.19. The zero-order valence-electron chi connectivity index (χ0n) is 13.7. The number of rotatable bonds is 4. The zero-order valence-corrected chi connectivity index (χ0v) is 13.7. The molecular formula is C20H22N4. The Balaban J connectivity index is 1.44. The van der Waals surface area contributed by atoms with Crippen molar-refractivity contribution in [3.05, 3.63) is 77.9 Å². The second-order valence-corrected chi connectivity index (χ2v) is 6.44. The summed E-state index contributed by atoms with van der Waals surface area (Å²) in [7, 11) is 0. The van der Waals surface area contributed by atoms with Crippen molar-refractivity contribution in [2.45, 2.75) is 19.4 Å². The molecule has 4 rings (SSSR count). The van der Waals surface area contributed by atoms with Crippen molar-refractivity contribution in [2.24, 2.45) is 0 Å². The number of aromatic nitrogens is 2. The van der Waals surface area contributed by atoms with Crippen LogP contribution in [0.3, 0.4) is 0 Å². The minimum Gasteiger partial charge on any atom is -0.399 e. The molecule has 3 aromatic rings. The maximum Gasteiger partial charge on any atom is 0.0991 e. The van der Waals surface area contributed by atoms with Gasteiger partial charge in [-0.1, -0.05) is 18.2 Å². The van der Waals surface area contributed by atoms with E-state index in [-0.39, 0.29) is 0 Å². The SMILES string of the molecule is Nc1ccc(CCN2CCc3ccc(-n4ccnc4)cc3C2)cc1. The maximum absolute atomic E-state index is 5.76. The number of hydrogen-bond donors (Lipinski definition) is 1. The van der Waals surface area contributed by atoms with Gasteiger partial charge in [-0.2, -0.15) is 0 Å². The standard InChI is InChI=1S/C20H22N4/c21-19-4-1-16(2-5-19)7-10-23-11-8-17-3-6-20(13-18(17)14-23)24-12-9-22-15-24/h1-6,9,12-13,15H,7-8,10-11,14,21H2. The fourth-order valence-corrected chi connectivity index (χ4v) is 3.34. The lowest BCUT2D eigenvalue weighted by atomic mass is 9.98. The van der Waals surface area contributed by atoms with Gasteiger partial charge >= 0.3 is 0 Å². The average molecular weight is 318 g/mol. The molecule has 122 valence electrons. The van der Waals surface area contributed by atoms with Crippen molar-refractivity contribution in [2.75, 3.05) is 18.8 Å². The van der Waals surface area contributed by atoms with Crippen LogP contribution in [0.4, 0.5) is 5.69 Å². The molecule has 24 heavy (non-hydrogen) atoms. The molecule has 1 aliphatic rings. The Morgan fingerprint density at radius 3 is 2.71 bits per heavy atom. The molecule has 1 aliphatic heterocycles. The molecule has 4 nitrogen and oxygen atoms in total. The number of anilines is 1. The second kappa shape index (κ2) is 6.49. The molecule has 1 aromatic heterocycles. The van der Waals surface area contributed by atoms with Gasteiger partial charge in [0.2, 0.25) is 0 Å². The van der Waals surface area contributed by atoms with E-state index < -0.39 is 0 Å². The van der Waals surface area contributed by atoms with Gasteiger partial charge in [-0.15, -0.1) is 0 Å². The van der Waals surface area contributed by atoms with Crippen molar-refractivity contribution in [3.8, 4) is 5.69 Å². The van der Waals surface area contributed by atoms with Crippen molar-refractivity contribution in [1.82, 2.24) is 14.5 Å². The summed E-state index contributed by atoms with van der Waals surface area (Å²) in [6, 6.07) is 15.0. The first-order valence-electron chi connectivity index (χ1n) is 8.45. The molecule has 0 atom stereocenters. The summed E-state index contributed by atoms with van der Waals surface area (Å²) < 4.78 is 2.06. The van der Waals surface area contributed by atoms with Crippen LogP contribution >= 0.6 is 0 Å². The summed E-state index contributed by atoms with van der Waals surface area (Å²) in [6.07, 6.45) is 7.85. The van der Waals surface area contributed by atoms with Gasteiger partial charge in [-0.3, -0.25) is 4.90 Å². The third-order valence-corrected chi connectivity index (χ3v) is 4.78. The van der Waals surface area contributed by atoms with E-state index in [2.05, 4.69) is 44.8 Å². The highest BCUT2D eigenvalue weighted by molar-refractivity contribution is 5.42. The van der Waals surface area contributed by atoms with E-state index in [9.17, 15) is 0 Å². The topological polar surface area (TPSA) is 47.1 Å². The Labute approximate surface area is 142 Å². The number of nitrogens with two attached hydrogens (primary N) is 1. The molecule has 0 radical (unpaired) electrons. The quantitative estimate of drug-likeness (QED) is 0.752. The van der Waals surface area contributed by atoms with Gasteiger partial charge < -0.3 is 10.3 Å². The van der Waals surface area contributed by atoms with Crippen LogP contribution in [0.5, 0.6) is 0 Å². The average Bonchev–Trinajstić information content (AvgIpc) is 3.15. The maximum atomic E-state index is 5.76. The van der Waals surface area contributed by atoms with E-state index in [1.165, 1.54) is 22.4 Å². The smallest absolute Gasteiger partial charge is 0.0991 e. The fourth-order valence-electron chi connectivity index (χ4n) is 3.34. The van der Waals surface area contributed by atoms with Gasteiger partial charge in [0.1, 0.15) is 0 Å². The van der Waals surface area contributed by atoms with Crippen LogP contribution in [0, 0.1) is 0 Å². The molecule has 0 aliphatic carbocycles. The highest BCUT2D eigenvalue weighted by atomic mass is 15.1. The van der Waals surface area contributed by atoms with Crippen LogP contribution in [0.1, 0.15) is 16.7 Å². The zero-order chi connectivity index (χ0) is 16.4. The lowest BCUT2D eigenvalue weighted by Crippen LogP contribution is -2.32. The molecule has 0 amide bonds. The molecule has 4 heteroatoms. The Bertz CT molecular complexity index is 806. The highest BCUT2D eigenvalue weighted by Crippen LogP contribution is 2.22. The van der Waals surface area contributed by atoms with Gasteiger partial charge in [0.25, 0.3) is 0 Å². The normalized spacial score (nSPS) is 14.5. The summed E-state index contributed by atoms with van der Waals surface area (Å²) in [5.74, 6) is 0. The van der Waals surface area contributed by atoms with Gasteiger partial charge in [0, 0.05) is 43.4 Å². The summed E-state index contributed by atoms with van der Waals surface area (Å²) in [5, 5.41) is 0. The monoisotopic (exact) mass is 318 g/mol. The van der Waals surface area contributed by atoms with Crippen molar-refractivity contribution in [1.29, 1.82) is 0 Å². The van der Waals surface area contributed by atoms with Gasteiger partial charge in [-0.05, 0) is 53.8 Å². The molecule has 2 N–H and O–H groups in total. The number of hydrogen-bond acceptors (Lipinski definition) is 3. The lowest BCUT2D eigenvalue weighted by Gasteiger charge is -2.29. The van der Waals surface area contributed by atoms with Crippen LogP contribution in [-0.2, 0) is 19.4 Å². The van der Waals surface area contributed by atoms with Crippen molar-refractivity contribution < 1.29 is 0 Å². The van der Waals surface area contributed by atoms with E-state index in [4.69, 9.17) is 5.73 Å². The number of nitrogen functional groups attached to an aromatic ring is 1. The lowest BCUT2D eigenvalue weighted by molar-refractivity contribution is 0.257. The molecule has 0 bridgehead atoms. The van der Waals surface area contributed by atoms with Crippen LogP contribution in [-0.4, -0.2) is 27.5 Å². The van der Waals surface area contributed by atoms with Gasteiger partial charge in [-0.25, -0.2) is 4.98 Å². The van der Waals surface area contributed by atoms with Crippen molar-refractivity contribution >= 4 is 5.69 Å². The fraction of sp³-hybridized carbons (Fsp3) is 0.250. The second-order valence-electron chi connectivity index (χ2n) is 6.44. The first-order valence-corrected chi connectivity index (χ1v) is 8.45. The number of nitrogens with zero attached hydrogens (tertiary/aromatic N) is 3. The highest BCUT2D eigenvalue weighted by Gasteiger charge is 2.16. The number of fused-ring (bicyclic) bond motifs is 1. The van der Waals surface area contributed by atoms with E-state index in [0.717, 1.165) is 38.2 Å². The van der Waals surface area contributed by atoms with E-state index in [1.807, 2.05) is 30.9 Å². The Morgan fingerprint density at radius 1 is 1.04 bits per heavy atom. The number of benzene rings is 2. The minimum atomic E-state index is 0.831. The molecule has 0 fully saturated rings. The molecule has 0 saturated carbocycles. The first kappa shape index (κ1) is 15.0. The van der Waals surface area contributed by atoms with Gasteiger partial charge in [0.05, 0.1) is 6.33 Å². The molecule has 0 unspecified atom stereocenters. The minimum absolute atomic E-state index is 0.831. The van der Waals surface area contributed by atoms with Crippen LogP contribution in [0.25, 0.3) is 5.69 Å². The van der Waals surface area contributed by atoms with Crippen LogP contribution < -0.4 is 5.73 Å². The molecule has 2 heterocycles. The predicted octanol–water partition coefficient (Wildman–Crippen LogP) is 3.06. The molecular weight excluding hydrogens is 296 g/mol. The number of imidazole rings is 1. The van der Waals surface area contributed by atoms with Gasteiger partial charge in [0.15, 0.2) is 0 Å². The third-order valence-electron chi connectivity index (χ3n) is 4.78. The Morgan fingerprint density at radius 2 is 1.92 bits per heavy atom. The predicted molar refractivity (Wildman–Crippen MR) is 97.1 cm³/mol. The van der Waals surface area contributed by atoms with E-state index >= 15 is 0 Å². The largest absolute Gasteiger partial charge is 0.399 e. The van der Waals surface area contributed by atoms with Crippen LogP contribution in [0.2, 0.25) is 0 Å². The van der Waals surface area contributed by atoms with E-state index in [0.29, 0.717) is 0 Å². The summed E-state index contributed by atoms with van der Waals surface area (Å²) in [6.45, 7) is 3.23. The Hall–Kier alpha value is -2.59. The molecule has 2 aromatic carbocycles. The van der Waals surface area contributed by atoms with Crippen molar-refractivity contribution in [3.63, 3.8) is 0 Å². The first-order chi connectivity index (χ1) is 11.8. The molecule has 0 saturated heterocycles. The Kier molecular flexibility index (Phi) is 4.05. The summed E-state index contributed by atoms with van der Waals surface area (Å²) in [4.78, 5) is 6.68. The van der Waals surface area contributed by atoms with E-state index in [1.54, 1.807) is 0 Å². The summed E-state index contributed by atoms with van der Waals surface area (Å²) in [5.41, 5.74) is 12.0.